The lowest BCUT2D eigenvalue weighted by Crippen LogP contribution is -2.33. The molecule has 0 aromatic heterocycles. The Balaban J connectivity index is 1.86. The van der Waals surface area contributed by atoms with Crippen molar-refractivity contribution in [2.45, 2.75) is 22.7 Å². The Morgan fingerprint density at radius 2 is 1.54 bits per heavy atom. The topological polar surface area (TPSA) is 71.5 Å². The number of halogens is 3. The Bertz CT molecular complexity index is 1030. The third kappa shape index (κ3) is 4.23. The van der Waals surface area contributed by atoms with Crippen molar-refractivity contribution in [3.05, 3.63) is 65.7 Å². The largest absolute Gasteiger partial charge is 0.416 e. The Kier molecular flexibility index (Phi) is 5.57. The van der Waals surface area contributed by atoms with Gasteiger partial charge < -0.3 is 0 Å². The predicted molar refractivity (Wildman–Crippen MR) is 97.8 cm³/mol. The molecule has 10 heteroatoms. The van der Waals surface area contributed by atoms with Gasteiger partial charge in [-0.05, 0) is 36.2 Å². The molecule has 0 amide bonds. The highest BCUT2D eigenvalue weighted by molar-refractivity contribution is 7.92. The molecule has 5 nitrogen and oxygen atoms in total. The summed E-state index contributed by atoms with van der Waals surface area (Å²) in [4.78, 5) is -0.295. The third-order valence-corrected chi connectivity index (χ3v) is 8.73. The zero-order valence-corrected chi connectivity index (χ0v) is 16.3. The Morgan fingerprint density at radius 3 is 2.11 bits per heavy atom. The molecule has 1 aliphatic rings. The second kappa shape index (κ2) is 7.49. The monoisotopic (exact) mass is 433 g/mol. The van der Waals surface area contributed by atoms with Gasteiger partial charge in [-0.15, -0.1) is 0 Å². The second-order valence-corrected chi connectivity index (χ2v) is 10.7. The number of alkyl halides is 3. The summed E-state index contributed by atoms with van der Waals surface area (Å²) in [5.41, 5.74) is -0.356. The molecule has 1 heterocycles. The van der Waals surface area contributed by atoms with Crippen molar-refractivity contribution in [3.63, 3.8) is 0 Å². The number of rotatable bonds is 3. The Hall–Kier alpha value is -1.91. The van der Waals surface area contributed by atoms with E-state index < -0.39 is 36.9 Å². The standard InChI is InChI=1S/C18H18F3NO4S2/c19-18(20,21)15-6-8-16(9-7-15)28(25,26)22-11-10-17(27(23,24)13-12-22)14-4-2-1-3-5-14/h1-9,17H,10-13H2. The van der Waals surface area contributed by atoms with Crippen molar-refractivity contribution < 1.29 is 30.0 Å². The smallest absolute Gasteiger partial charge is 0.228 e. The second-order valence-electron chi connectivity index (χ2n) is 6.48. The lowest BCUT2D eigenvalue weighted by Gasteiger charge is -2.20. The summed E-state index contributed by atoms with van der Waals surface area (Å²) in [6.07, 6.45) is -4.49. The summed E-state index contributed by atoms with van der Waals surface area (Å²) in [6, 6.07) is 11.7. The first kappa shape index (κ1) is 20.8. The molecule has 0 bridgehead atoms. The molecule has 2 aromatic rings. The van der Waals surface area contributed by atoms with E-state index >= 15 is 0 Å². The number of hydrogen-bond donors (Lipinski definition) is 0. The quantitative estimate of drug-likeness (QED) is 0.745. The number of nitrogens with zero attached hydrogens (tertiary/aromatic N) is 1. The fraction of sp³-hybridized carbons (Fsp3) is 0.333. The molecule has 0 spiro atoms. The van der Waals surface area contributed by atoms with Gasteiger partial charge in [0.25, 0.3) is 0 Å². The summed E-state index contributed by atoms with van der Waals surface area (Å²) in [7, 11) is -7.67. The molecule has 0 aliphatic carbocycles. The van der Waals surface area contributed by atoms with Crippen LogP contribution in [0.2, 0.25) is 0 Å². The van der Waals surface area contributed by atoms with E-state index in [0.29, 0.717) is 17.7 Å². The highest BCUT2D eigenvalue weighted by Crippen LogP contribution is 2.32. The van der Waals surface area contributed by atoms with Gasteiger partial charge in [0, 0.05) is 13.1 Å². The van der Waals surface area contributed by atoms with Crippen LogP contribution in [0.25, 0.3) is 0 Å². The summed E-state index contributed by atoms with van der Waals surface area (Å²) >= 11 is 0. The molecule has 1 unspecified atom stereocenters. The molecule has 3 rings (SSSR count). The van der Waals surface area contributed by atoms with Crippen molar-refractivity contribution in [1.82, 2.24) is 4.31 Å². The average Bonchev–Trinajstić information content (AvgIpc) is 2.80. The maximum absolute atomic E-state index is 12.8. The van der Waals surface area contributed by atoms with Crippen molar-refractivity contribution >= 4 is 19.9 Å². The fourth-order valence-corrected chi connectivity index (χ4v) is 6.54. The van der Waals surface area contributed by atoms with Crippen LogP contribution in [0.5, 0.6) is 0 Å². The van der Waals surface area contributed by atoms with E-state index in [9.17, 15) is 30.0 Å². The highest BCUT2D eigenvalue weighted by atomic mass is 32.2. The summed E-state index contributed by atoms with van der Waals surface area (Å²) < 4.78 is 89.9. The maximum atomic E-state index is 12.8. The maximum Gasteiger partial charge on any atom is 0.416 e. The van der Waals surface area contributed by atoms with Crippen LogP contribution in [-0.2, 0) is 26.0 Å². The van der Waals surface area contributed by atoms with Crippen LogP contribution < -0.4 is 0 Å². The minimum absolute atomic E-state index is 0.0395. The lowest BCUT2D eigenvalue weighted by molar-refractivity contribution is -0.137. The molecule has 152 valence electrons. The molecule has 1 aliphatic heterocycles. The fourth-order valence-electron chi connectivity index (χ4n) is 3.17. The van der Waals surface area contributed by atoms with E-state index in [2.05, 4.69) is 0 Å². The Morgan fingerprint density at radius 1 is 0.929 bits per heavy atom. The van der Waals surface area contributed by atoms with Crippen LogP contribution in [0.1, 0.15) is 22.8 Å². The van der Waals surface area contributed by atoms with Crippen molar-refractivity contribution in [2.75, 3.05) is 18.8 Å². The normalized spacial score (nSPS) is 21.2. The van der Waals surface area contributed by atoms with Gasteiger partial charge in [-0.1, -0.05) is 30.3 Å². The molecule has 1 fully saturated rings. The zero-order chi connectivity index (χ0) is 20.6. The Labute approximate surface area is 161 Å². The van der Waals surface area contributed by atoms with E-state index in [4.69, 9.17) is 0 Å². The molecular formula is C18H18F3NO4S2. The van der Waals surface area contributed by atoms with Gasteiger partial charge >= 0.3 is 6.18 Å². The minimum Gasteiger partial charge on any atom is -0.228 e. The van der Waals surface area contributed by atoms with Crippen LogP contribution in [0.3, 0.4) is 0 Å². The lowest BCUT2D eigenvalue weighted by atomic mass is 10.1. The molecule has 0 saturated carbocycles. The number of sulfone groups is 1. The van der Waals surface area contributed by atoms with Crippen LogP contribution in [0.15, 0.2) is 59.5 Å². The van der Waals surface area contributed by atoms with Crippen molar-refractivity contribution in [3.8, 4) is 0 Å². The predicted octanol–water partition coefficient (Wildman–Crippen LogP) is 3.26. The first-order valence-corrected chi connectivity index (χ1v) is 11.6. The van der Waals surface area contributed by atoms with E-state index in [0.717, 1.165) is 16.4 Å². The number of hydrogen-bond acceptors (Lipinski definition) is 4. The van der Waals surface area contributed by atoms with Gasteiger partial charge in [0.15, 0.2) is 9.84 Å². The molecule has 28 heavy (non-hydrogen) atoms. The van der Waals surface area contributed by atoms with Gasteiger partial charge in [0.1, 0.15) is 0 Å². The molecule has 2 aromatic carbocycles. The van der Waals surface area contributed by atoms with Crippen LogP contribution in [-0.4, -0.2) is 40.0 Å². The van der Waals surface area contributed by atoms with E-state index in [1.807, 2.05) is 0 Å². The zero-order valence-electron chi connectivity index (χ0n) is 14.6. The van der Waals surface area contributed by atoms with E-state index in [1.165, 1.54) is 0 Å². The van der Waals surface area contributed by atoms with Crippen LogP contribution in [0.4, 0.5) is 13.2 Å². The molecule has 1 atom stereocenters. The van der Waals surface area contributed by atoms with Crippen molar-refractivity contribution in [2.24, 2.45) is 0 Å². The molecule has 0 radical (unpaired) electrons. The summed E-state index contributed by atoms with van der Waals surface area (Å²) in [5.74, 6) is -0.355. The van der Waals surface area contributed by atoms with E-state index in [-0.39, 0.29) is 30.2 Å². The average molecular weight is 433 g/mol. The van der Waals surface area contributed by atoms with Crippen molar-refractivity contribution in [1.29, 1.82) is 0 Å². The SMILES string of the molecule is O=S1(=O)CCN(S(=O)(=O)c2ccc(C(F)(F)F)cc2)CCC1c1ccccc1. The highest BCUT2D eigenvalue weighted by Gasteiger charge is 2.36. The van der Waals surface area contributed by atoms with Gasteiger partial charge in [-0.25, -0.2) is 16.8 Å². The molecule has 1 saturated heterocycles. The number of sulfonamides is 1. The van der Waals surface area contributed by atoms with Gasteiger partial charge in [-0.3, -0.25) is 0 Å². The molecular weight excluding hydrogens is 415 g/mol. The van der Waals surface area contributed by atoms with Gasteiger partial charge in [0.05, 0.1) is 21.5 Å². The molecule has 0 N–H and O–H groups in total. The minimum atomic E-state index is -4.57. The van der Waals surface area contributed by atoms with E-state index in [1.54, 1.807) is 30.3 Å². The number of benzene rings is 2. The van der Waals surface area contributed by atoms with Gasteiger partial charge in [-0.2, -0.15) is 17.5 Å². The third-order valence-electron chi connectivity index (χ3n) is 4.69. The summed E-state index contributed by atoms with van der Waals surface area (Å²) in [6.45, 7) is -0.281. The van der Waals surface area contributed by atoms with Crippen LogP contribution in [0, 0.1) is 0 Å². The summed E-state index contributed by atoms with van der Waals surface area (Å²) in [5, 5.41) is -0.818. The van der Waals surface area contributed by atoms with Crippen LogP contribution >= 0.6 is 0 Å². The first-order chi connectivity index (χ1) is 13.0. The van der Waals surface area contributed by atoms with Gasteiger partial charge in [0.2, 0.25) is 10.0 Å². The first-order valence-electron chi connectivity index (χ1n) is 8.46.